The normalized spacial score (nSPS) is 11.9. The molecule has 0 aliphatic carbocycles. The molecule has 0 saturated heterocycles. The number of hydrogen-bond acceptors (Lipinski definition) is 6. The van der Waals surface area contributed by atoms with Gasteiger partial charge in [-0.1, -0.05) is 19.0 Å². The minimum Gasteiger partial charge on any atom is -0.489 e. The van der Waals surface area contributed by atoms with E-state index in [-0.39, 0.29) is 5.91 Å². The third-order valence-corrected chi connectivity index (χ3v) is 3.99. The fourth-order valence-electron chi connectivity index (χ4n) is 2.28. The number of benzene rings is 1. The van der Waals surface area contributed by atoms with Crippen molar-refractivity contribution in [1.29, 1.82) is 0 Å². The zero-order valence-corrected chi connectivity index (χ0v) is 16.4. The first-order chi connectivity index (χ1) is 12.8. The lowest BCUT2D eigenvalue weighted by Gasteiger charge is -2.14. The molecule has 146 valence electrons. The molecule has 0 saturated carbocycles. The van der Waals surface area contributed by atoms with Crippen LogP contribution in [-0.4, -0.2) is 29.7 Å². The van der Waals surface area contributed by atoms with Crippen LogP contribution >= 0.6 is 0 Å². The first-order valence-corrected chi connectivity index (χ1v) is 8.91. The van der Waals surface area contributed by atoms with Crippen molar-refractivity contribution in [3.8, 4) is 5.75 Å². The molecular formula is C20H26N2O5. The Balaban J connectivity index is 1.88. The Labute approximate surface area is 159 Å². The van der Waals surface area contributed by atoms with Crippen LogP contribution in [0.2, 0.25) is 0 Å². The molecule has 1 N–H and O–H groups in total. The molecular weight excluding hydrogens is 348 g/mol. The van der Waals surface area contributed by atoms with Crippen molar-refractivity contribution in [3.05, 3.63) is 46.8 Å². The maximum absolute atomic E-state index is 12.2. The second-order valence-electron chi connectivity index (χ2n) is 6.80. The van der Waals surface area contributed by atoms with Gasteiger partial charge < -0.3 is 19.3 Å². The molecule has 0 bridgehead atoms. The first-order valence-electron chi connectivity index (χ1n) is 8.91. The molecule has 2 rings (SSSR count). The third-order valence-electron chi connectivity index (χ3n) is 3.99. The summed E-state index contributed by atoms with van der Waals surface area (Å²) in [7, 11) is 0. The van der Waals surface area contributed by atoms with Crippen molar-refractivity contribution in [2.24, 2.45) is 5.92 Å². The summed E-state index contributed by atoms with van der Waals surface area (Å²) in [4.78, 5) is 24.1. The Hall–Kier alpha value is -2.83. The van der Waals surface area contributed by atoms with Crippen LogP contribution in [0.25, 0.3) is 0 Å². The van der Waals surface area contributed by atoms with E-state index in [4.69, 9.17) is 14.0 Å². The number of carbonyl (C=O) groups is 2. The summed E-state index contributed by atoms with van der Waals surface area (Å²) in [6.45, 7) is 10.1. The van der Waals surface area contributed by atoms with E-state index in [0.717, 1.165) is 17.0 Å². The highest BCUT2D eigenvalue weighted by Gasteiger charge is 2.19. The topological polar surface area (TPSA) is 90.7 Å². The van der Waals surface area contributed by atoms with Gasteiger partial charge in [0.15, 0.2) is 6.10 Å². The number of amides is 1. The Bertz CT molecular complexity index is 761. The van der Waals surface area contributed by atoms with Gasteiger partial charge in [-0.2, -0.15) is 0 Å². The first kappa shape index (κ1) is 20.5. The Morgan fingerprint density at radius 2 is 1.81 bits per heavy atom. The van der Waals surface area contributed by atoms with Crippen molar-refractivity contribution < 1.29 is 23.6 Å². The number of aromatic nitrogens is 1. The SMILES string of the molecule is Cc1noc(C)c1COc1ccc(C(=O)O[C@@H](C)C(=O)NCC(C)C)cc1. The molecule has 0 unspecified atom stereocenters. The fraction of sp³-hybridized carbons (Fsp3) is 0.450. The van der Waals surface area contributed by atoms with Gasteiger partial charge >= 0.3 is 5.97 Å². The quantitative estimate of drug-likeness (QED) is 0.714. The van der Waals surface area contributed by atoms with Crippen molar-refractivity contribution in [2.45, 2.75) is 47.3 Å². The van der Waals surface area contributed by atoms with Gasteiger partial charge in [-0.15, -0.1) is 0 Å². The van der Waals surface area contributed by atoms with Crippen LogP contribution < -0.4 is 10.1 Å². The Morgan fingerprint density at radius 1 is 1.15 bits per heavy atom. The van der Waals surface area contributed by atoms with Crippen molar-refractivity contribution in [1.82, 2.24) is 10.5 Å². The maximum Gasteiger partial charge on any atom is 0.338 e. The largest absolute Gasteiger partial charge is 0.489 e. The van der Waals surface area contributed by atoms with Crippen molar-refractivity contribution >= 4 is 11.9 Å². The predicted molar refractivity (Wildman–Crippen MR) is 99.5 cm³/mol. The summed E-state index contributed by atoms with van der Waals surface area (Å²) >= 11 is 0. The average molecular weight is 374 g/mol. The van der Waals surface area contributed by atoms with Crippen LogP contribution in [0.5, 0.6) is 5.75 Å². The second kappa shape index (κ2) is 9.21. The van der Waals surface area contributed by atoms with Gasteiger partial charge in [-0.05, 0) is 51.0 Å². The van der Waals surface area contributed by atoms with Crippen LogP contribution in [0.4, 0.5) is 0 Å². The lowest BCUT2D eigenvalue weighted by Crippen LogP contribution is -2.37. The molecule has 7 heteroatoms. The summed E-state index contributed by atoms with van der Waals surface area (Å²) in [6.07, 6.45) is -0.855. The molecule has 0 spiro atoms. The number of nitrogens with one attached hydrogen (secondary N) is 1. The van der Waals surface area contributed by atoms with Crippen LogP contribution in [-0.2, 0) is 16.1 Å². The standard InChI is InChI=1S/C20H26N2O5/c1-12(2)10-21-19(23)15(5)26-20(24)16-6-8-17(9-7-16)25-11-18-13(3)22-27-14(18)4/h6-9,12,15H,10-11H2,1-5H3,(H,21,23)/t15-/m0/s1. The molecule has 2 aromatic rings. The van der Waals surface area contributed by atoms with Crippen LogP contribution in [0.3, 0.4) is 0 Å². The van der Waals surface area contributed by atoms with Crippen LogP contribution in [0.1, 0.15) is 48.1 Å². The lowest BCUT2D eigenvalue weighted by molar-refractivity contribution is -0.129. The smallest absolute Gasteiger partial charge is 0.338 e. The summed E-state index contributed by atoms with van der Waals surface area (Å²) in [5, 5.41) is 6.62. The third kappa shape index (κ3) is 5.84. The lowest BCUT2D eigenvalue weighted by atomic mass is 10.2. The summed E-state index contributed by atoms with van der Waals surface area (Å²) in [5.74, 6) is 0.789. The van der Waals surface area contributed by atoms with Gasteiger partial charge in [0.05, 0.1) is 16.8 Å². The van der Waals surface area contributed by atoms with E-state index >= 15 is 0 Å². The molecule has 0 aliphatic rings. The molecule has 0 fully saturated rings. The zero-order chi connectivity index (χ0) is 20.0. The Kier molecular flexibility index (Phi) is 6.98. The van der Waals surface area contributed by atoms with E-state index in [1.165, 1.54) is 0 Å². The highest BCUT2D eigenvalue weighted by Crippen LogP contribution is 2.18. The number of aryl methyl sites for hydroxylation is 2. The van der Waals surface area contributed by atoms with Gasteiger partial charge in [0.25, 0.3) is 5.91 Å². The summed E-state index contributed by atoms with van der Waals surface area (Å²) in [6, 6.07) is 6.56. The monoisotopic (exact) mass is 374 g/mol. The van der Waals surface area contributed by atoms with Gasteiger partial charge in [0.1, 0.15) is 18.1 Å². The van der Waals surface area contributed by atoms with E-state index in [2.05, 4.69) is 10.5 Å². The van der Waals surface area contributed by atoms with E-state index in [0.29, 0.717) is 30.4 Å². The van der Waals surface area contributed by atoms with Crippen LogP contribution in [0.15, 0.2) is 28.8 Å². The molecule has 0 aliphatic heterocycles. The van der Waals surface area contributed by atoms with Gasteiger partial charge in [-0.25, -0.2) is 4.79 Å². The molecule has 1 aromatic heterocycles. The molecule has 27 heavy (non-hydrogen) atoms. The average Bonchev–Trinajstić information content (AvgIpc) is 2.96. The van der Waals surface area contributed by atoms with E-state index in [9.17, 15) is 9.59 Å². The zero-order valence-electron chi connectivity index (χ0n) is 16.4. The number of carbonyl (C=O) groups excluding carboxylic acids is 2. The molecule has 0 radical (unpaired) electrons. The number of ether oxygens (including phenoxy) is 2. The molecule has 1 heterocycles. The predicted octanol–water partition coefficient (Wildman–Crippen LogP) is 3.19. The van der Waals surface area contributed by atoms with Gasteiger partial charge in [0, 0.05) is 6.54 Å². The van der Waals surface area contributed by atoms with Crippen molar-refractivity contribution in [2.75, 3.05) is 6.54 Å². The van der Waals surface area contributed by atoms with Crippen molar-refractivity contribution in [3.63, 3.8) is 0 Å². The van der Waals surface area contributed by atoms with Crippen LogP contribution in [0, 0.1) is 19.8 Å². The molecule has 1 amide bonds. The number of rotatable bonds is 8. The number of nitrogens with zero attached hydrogens (tertiary/aromatic N) is 1. The van der Waals surface area contributed by atoms with E-state index in [1.807, 2.05) is 27.7 Å². The fourth-order valence-corrected chi connectivity index (χ4v) is 2.28. The highest BCUT2D eigenvalue weighted by molar-refractivity contribution is 5.92. The van der Waals surface area contributed by atoms with Gasteiger partial charge in [-0.3, -0.25) is 4.79 Å². The van der Waals surface area contributed by atoms with Gasteiger partial charge in [0.2, 0.25) is 0 Å². The minimum absolute atomic E-state index is 0.309. The molecule has 1 atom stereocenters. The summed E-state index contributed by atoms with van der Waals surface area (Å²) in [5.41, 5.74) is 2.04. The highest BCUT2D eigenvalue weighted by atomic mass is 16.5. The maximum atomic E-state index is 12.2. The molecule has 1 aromatic carbocycles. The summed E-state index contributed by atoms with van der Waals surface area (Å²) < 4.78 is 16.0. The molecule has 7 nitrogen and oxygen atoms in total. The second-order valence-corrected chi connectivity index (χ2v) is 6.80. The minimum atomic E-state index is -0.855. The Morgan fingerprint density at radius 3 is 2.37 bits per heavy atom. The number of esters is 1. The van der Waals surface area contributed by atoms with E-state index in [1.54, 1.807) is 31.2 Å². The van der Waals surface area contributed by atoms with E-state index < -0.39 is 12.1 Å². The number of hydrogen-bond donors (Lipinski definition) is 1.